The number of nitrogens with zero attached hydrogens (tertiary/aromatic N) is 2. The number of nitrogens with one attached hydrogen (secondary N) is 1. The summed E-state index contributed by atoms with van der Waals surface area (Å²) in [5.41, 5.74) is 5.43. The van der Waals surface area contributed by atoms with Crippen LogP contribution >= 0.6 is 11.3 Å². The maximum absolute atomic E-state index is 9.00. The van der Waals surface area contributed by atoms with Crippen LogP contribution in [0.2, 0.25) is 0 Å². The van der Waals surface area contributed by atoms with Crippen LogP contribution in [-0.4, -0.2) is 4.98 Å². The van der Waals surface area contributed by atoms with Crippen LogP contribution in [0.1, 0.15) is 16.8 Å². The second-order valence-electron chi connectivity index (χ2n) is 3.49. The van der Waals surface area contributed by atoms with Crippen molar-refractivity contribution in [2.24, 2.45) is 0 Å². The fraction of sp³-hybridized carbons (Fsp3) is 0.167. The molecule has 0 atom stereocenters. The van der Waals surface area contributed by atoms with Crippen molar-refractivity contribution < 1.29 is 0 Å². The molecule has 0 amide bonds. The molecule has 0 fully saturated rings. The van der Waals surface area contributed by atoms with Crippen molar-refractivity contribution in [3.05, 3.63) is 45.9 Å². The fourth-order valence-corrected chi connectivity index (χ4v) is 1.97. The number of nitriles is 1. The summed E-state index contributed by atoms with van der Waals surface area (Å²) in [5.74, 6) is 0. The van der Waals surface area contributed by atoms with Crippen molar-refractivity contribution in [2.75, 3.05) is 5.32 Å². The number of hydrogen-bond acceptors (Lipinski definition) is 4. The van der Waals surface area contributed by atoms with Crippen molar-refractivity contribution in [2.45, 2.75) is 13.5 Å². The number of benzene rings is 1. The quantitative estimate of drug-likeness (QED) is 0.880. The van der Waals surface area contributed by atoms with Gasteiger partial charge in [-0.1, -0.05) is 6.07 Å². The first-order valence-corrected chi connectivity index (χ1v) is 5.85. The van der Waals surface area contributed by atoms with Crippen molar-refractivity contribution >= 4 is 17.0 Å². The third kappa shape index (κ3) is 2.38. The predicted octanol–water partition coefficient (Wildman–Crippen LogP) is 2.94. The maximum Gasteiger partial charge on any atom is 0.101 e. The highest BCUT2D eigenvalue weighted by molar-refractivity contribution is 7.07. The van der Waals surface area contributed by atoms with E-state index >= 15 is 0 Å². The van der Waals surface area contributed by atoms with Crippen molar-refractivity contribution in [1.29, 1.82) is 5.26 Å². The highest BCUT2D eigenvalue weighted by Gasteiger charge is 2.02. The zero-order valence-electron chi connectivity index (χ0n) is 8.90. The molecule has 0 saturated carbocycles. The molecule has 0 unspecified atom stereocenters. The van der Waals surface area contributed by atoms with Crippen molar-refractivity contribution in [3.8, 4) is 6.07 Å². The summed E-state index contributed by atoms with van der Waals surface area (Å²) >= 11 is 1.57. The van der Waals surface area contributed by atoms with Gasteiger partial charge in [0, 0.05) is 5.38 Å². The van der Waals surface area contributed by atoms with Crippen LogP contribution in [0.4, 0.5) is 5.69 Å². The fourth-order valence-electron chi connectivity index (χ4n) is 1.42. The van der Waals surface area contributed by atoms with Gasteiger partial charge < -0.3 is 5.32 Å². The summed E-state index contributed by atoms with van der Waals surface area (Å²) in [4.78, 5) is 4.18. The normalized spacial score (nSPS) is 9.75. The van der Waals surface area contributed by atoms with Gasteiger partial charge in [-0.3, -0.25) is 0 Å². The maximum atomic E-state index is 9.00. The lowest BCUT2D eigenvalue weighted by Gasteiger charge is -2.07. The Morgan fingerprint density at radius 3 is 3.06 bits per heavy atom. The molecule has 0 aliphatic heterocycles. The lowest BCUT2D eigenvalue weighted by atomic mass is 10.1. The molecule has 4 heteroatoms. The lowest BCUT2D eigenvalue weighted by molar-refractivity contribution is 1.07. The average Bonchev–Trinajstić information content (AvgIpc) is 2.80. The van der Waals surface area contributed by atoms with Crippen LogP contribution in [0.5, 0.6) is 0 Å². The van der Waals surface area contributed by atoms with Crippen LogP contribution < -0.4 is 5.32 Å². The number of aromatic nitrogens is 1. The molecule has 3 nitrogen and oxygen atoms in total. The van der Waals surface area contributed by atoms with Gasteiger partial charge >= 0.3 is 0 Å². The summed E-state index contributed by atoms with van der Waals surface area (Å²) in [6, 6.07) is 7.99. The molecular weight excluding hydrogens is 218 g/mol. The molecule has 1 N–H and O–H groups in total. The molecule has 0 radical (unpaired) electrons. The van der Waals surface area contributed by atoms with E-state index in [0.29, 0.717) is 12.1 Å². The van der Waals surface area contributed by atoms with Crippen LogP contribution in [0.3, 0.4) is 0 Å². The zero-order chi connectivity index (χ0) is 11.4. The number of rotatable bonds is 3. The third-order valence-corrected chi connectivity index (χ3v) is 2.87. The monoisotopic (exact) mass is 229 g/mol. The van der Waals surface area contributed by atoms with Gasteiger partial charge in [-0.25, -0.2) is 4.98 Å². The highest BCUT2D eigenvalue weighted by atomic mass is 32.1. The van der Waals surface area contributed by atoms with Gasteiger partial charge in [0.1, 0.15) is 6.07 Å². The molecule has 0 aliphatic rings. The molecule has 1 heterocycles. The minimum atomic E-state index is 0.654. The third-order valence-electron chi connectivity index (χ3n) is 2.24. The number of anilines is 1. The summed E-state index contributed by atoms with van der Waals surface area (Å²) < 4.78 is 0. The minimum Gasteiger partial charge on any atom is -0.378 e. The molecule has 2 rings (SSSR count). The van der Waals surface area contributed by atoms with E-state index in [1.165, 1.54) is 0 Å². The Kier molecular flexibility index (Phi) is 3.18. The summed E-state index contributed by atoms with van der Waals surface area (Å²) in [6.45, 7) is 2.63. The van der Waals surface area contributed by atoms with Crippen LogP contribution in [-0.2, 0) is 6.54 Å². The Hall–Kier alpha value is -1.86. The number of thiazole rings is 1. The van der Waals surface area contributed by atoms with E-state index in [0.717, 1.165) is 16.9 Å². The number of hydrogen-bond donors (Lipinski definition) is 1. The van der Waals surface area contributed by atoms with Gasteiger partial charge in [0.05, 0.1) is 29.0 Å². The predicted molar refractivity (Wildman–Crippen MR) is 65.3 cm³/mol. The summed E-state index contributed by atoms with van der Waals surface area (Å²) in [6.07, 6.45) is 0. The lowest BCUT2D eigenvalue weighted by Crippen LogP contribution is -2.01. The van der Waals surface area contributed by atoms with Gasteiger partial charge in [0.25, 0.3) is 0 Å². The molecule has 0 aliphatic carbocycles. The second kappa shape index (κ2) is 4.77. The van der Waals surface area contributed by atoms with Gasteiger partial charge in [0.2, 0.25) is 0 Å². The smallest absolute Gasteiger partial charge is 0.101 e. The van der Waals surface area contributed by atoms with E-state index < -0.39 is 0 Å². The van der Waals surface area contributed by atoms with E-state index in [1.807, 2.05) is 30.5 Å². The standard InChI is InChI=1S/C12H11N3S/c1-9-2-3-12(10(4-9)5-13)14-6-11-7-16-8-15-11/h2-4,7-8,14H,6H2,1H3. The molecular formula is C12H11N3S. The Morgan fingerprint density at radius 1 is 1.50 bits per heavy atom. The molecule has 0 spiro atoms. The molecule has 1 aromatic heterocycles. The first-order valence-electron chi connectivity index (χ1n) is 4.91. The molecule has 2 aromatic rings. The molecule has 1 aromatic carbocycles. The van der Waals surface area contributed by atoms with Gasteiger partial charge in [-0.05, 0) is 24.6 Å². The van der Waals surface area contributed by atoms with E-state index in [-0.39, 0.29) is 0 Å². The van der Waals surface area contributed by atoms with Crippen molar-refractivity contribution in [3.63, 3.8) is 0 Å². The van der Waals surface area contributed by atoms with Gasteiger partial charge in [-0.15, -0.1) is 11.3 Å². The second-order valence-corrected chi connectivity index (χ2v) is 4.21. The Bertz CT molecular complexity index is 512. The largest absolute Gasteiger partial charge is 0.378 e. The van der Waals surface area contributed by atoms with E-state index in [4.69, 9.17) is 5.26 Å². The van der Waals surface area contributed by atoms with E-state index in [1.54, 1.807) is 16.8 Å². The topological polar surface area (TPSA) is 48.7 Å². The van der Waals surface area contributed by atoms with Gasteiger partial charge in [0.15, 0.2) is 0 Å². The molecule has 0 bridgehead atoms. The Morgan fingerprint density at radius 2 is 2.38 bits per heavy atom. The molecule has 16 heavy (non-hydrogen) atoms. The van der Waals surface area contributed by atoms with Crippen molar-refractivity contribution in [1.82, 2.24) is 4.98 Å². The average molecular weight is 229 g/mol. The first kappa shape index (κ1) is 10.7. The van der Waals surface area contributed by atoms with Crippen LogP contribution in [0, 0.1) is 18.3 Å². The molecule has 0 saturated heterocycles. The molecule has 80 valence electrons. The Labute approximate surface area is 98.4 Å². The first-order chi connectivity index (χ1) is 7.79. The summed E-state index contributed by atoms with van der Waals surface area (Å²) in [5, 5.41) is 14.2. The van der Waals surface area contributed by atoms with Gasteiger partial charge in [-0.2, -0.15) is 5.26 Å². The van der Waals surface area contributed by atoms with E-state index in [2.05, 4.69) is 16.4 Å². The SMILES string of the molecule is Cc1ccc(NCc2cscn2)c(C#N)c1. The van der Waals surface area contributed by atoms with Crippen LogP contribution in [0.15, 0.2) is 29.1 Å². The van der Waals surface area contributed by atoms with E-state index in [9.17, 15) is 0 Å². The Balaban J connectivity index is 2.13. The number of aryl methyl sites for hydroxylation is 1. The summed E-state index contributed by atoms with van der Waals surface area (Å²) in [7, 11) is 0. The highest BCUT2D eigenvalue weighted by Crippen LogP contribution is 2.17. The minimum absolute atomic E-state index is 0.654. The van der Waals surface area contributed by atoms with Crippen LogP contribution in [0.25, 0.3) is 0 Å². The zero-order valence-corrected chi connectivity index (χ0v) is 9.71.